The maximum absolute atomic E-state index is 5.77. The molecule has 1 fully saturated rings. The van der Waals surface area contributed by atoms with Gasteiger partial charge in [-0.05, 0) is 0 Å². The number of aromatic nitrogens is 2. The minimum atomic E-state index is 0.373. The number of nitrogens with two attached hydrogens (primary N) is 1. The van der Waals surface area contributed by atoms with Crippen molar-refractivity contribution in [2.24, 2.45) is 0 Å². The average molecular weight is 257 g/mol. The summed E-state index contributed by atoms with van der Waals surface area (Å²) >= 11 is 3.86. The highest BCUT2D eigenvalue weighted by molar-refractivity contribution is 8.06. The van der Waals surface area contributed by atoms with E-state index in [1.165, 1.54) is 5.75 Å². The van der Waals surface area contributed by atoms with E-state index in [9.17, 15) is 0 Å². The van der Waals surface area contributed by atoms with Crippen molar-refractivity contribution in [1.82, 2.24) is 9.97 Å². The molecule has 1 saturated heterocycles. The Morgan fingerprint density at radius 3 is 3.06 bits per heavy atom. The molecule has 1 unspecified atom stereocenters. The zero-order valence-electron chi connectivity index (χ0n) is 9.18. The number of anilines is 1. The molecule has 1 aromatic rings. The smallest absolute Gasteiger partial charge is 0.144 e. The van der Waals surface area contributed by atoms with Crippen molar-refractivity contribution in [1.29, 1.82) is 0 Å². The van der Waals surface area contributed by atoms with Gasteiger partial charge in [-0.15, -0.1) is 11.8 Å². The number of thioether (sulfide) groups is 2. The molecule has 0 aromatic carbocycles. The molecule has 0 amide bonds. The number of hydrogen-bond donors (Lipinski definition) is 1. The number of rotatable bonds is 3. The molecule has 0 spiro atoms. The summed E-state index contributed by atoms with van der Waals surface area (Å²) in [5.74, 6) is 4.83. The highest BCUT2D eigenvalue weighted by atomic mass is 32.2. The molecule has 2 heterocycles. The lowest BCUT2D eigenvalue weighted by Gasteiger charge is -2.20. The van der Waals surface area contributed by atoms with Crippen molar-refractivity contribution in [3.63, 3.8) is 0 Å². The van der Waals surface area contributed by atoms with Crippen LogP contribution in [0.5, 0.6) is 0 Å². The van der Waals surface area contributed by atoms with Gasteiger partial charge in [0.1, 0.15) is 11.6 Å². The van der Waals surface area contributed by atoms with Gasteiger partial charge in [0, 0.05) is 30.4 Å². The molecular weight excluding hydrogens is 242 g/mol. The van der Waals surface area contributed by atoms with Gasteiger partial charge in [0.25, 0.3) is 0 Å². The largest absolute Gasteiger partial charge is 0.384 e. The lowest BCUT2D eigenvalue weighted by atomic mass is 10.3. The first-order valence-corrected chi connectivity index (χ1v) is 7.31. The van der Waals surface area contributed by atoms with Crippen LogP contribution in [0.2, 0.25) is 0 Å². The van der Waals surface area contributed by atoms with E-state index >= 15 is 0 Å². The third kappa shape index (κ3) is 3.02. The summed E-state index contributed by atoms with van der Waals surface area (Å²) in [6.07, 6.45) is 0. The molecule has 0 aliphatic carbocycles. The Kier molecular flexibility index (Phi) is 4.31. The molecule has 0 radical (unpaired) electrons. The second kappa shape index (κ2) is 5.75. The lowest BCUT2D eigenvalue weighted by Crippen LogP contribution is -2.12. The summed E-state index contributed by atoms with van der Waals surface area (Å²) in [4.78, 5) is 8.81. The fraction of sp³-hybridized carbons (Fsp3) is 0.600. The van der Waals surface area contributed by atoms with Gasteiger partial charge in [-0.1, -0.05) is 0 Å². The molecule has 1 aromatic heterocycles. The van der Waals surface area contributed by atoms with Gasteiger partial charge in [0.2, 0.25) is 0 Å². The zero-order valence-corrected chi connectivity index (χ0v) is 10.8. The quantitative estimate of drug-likeness (QED) is 0.890. The van der Waals surface area contributed by atoms with Crippen molar-refractivity contribution in [2.45, 2.75) is 11.9 Å². The first-order valence-electron chi connectivity index (χ1n) is 5.11. The van der Waals surface area contributed by atoms with E-state index in [4.69, 9.17) is 10.5 Å². The third-order valence-corrected chi connectivity index (χ3v) is 4.96. The van der Waals surface area contributed by atoms with Gasteiger partial charge < -0.3 is 10.5 Å². The minimum absolute atomic E-state index is 0.373. The summed E-state index contributed by atoms with van der Waals surface area (Å²) in [7, 11) is 1.66. The fourth-order valence-corrected chi connectivity index (χ4v) is 4.14. The van der Waals surface area contributed by atoms with E-state index in [1.54, 1.807) is 13.2 Å². The SMILES string of the molecule is COCc1cc(N)nc(C2CSCCS2)n1. The summed E-state index contributed by atoms with van der Waals surface area (Å²) in [5.41, 5.74) is 6.64. The first kappa shape index (κ1) is 12.0. The van der Waals surface area contributed by atoms with E-state index in [0.29, 0.717) is 17.7 Å². The Morgan fingerprint density at radius 1 is 1.50 bits per heavy atom. The Bertz CT molecular complexity index is 356. The summed E-state index contributed by atoms with van der Waals surface area (Å²) in [5, 5.41) is 0.373. The number of hydrogen-bond acceptors (Lipinski definition) is 6. The van der Waals surface area contributed by atoms with Crippen LogP contribution in [0.15, 0.2) is 6.07 Å². The standard InChI is InChI=1S/C10H15N3OS2/c1-14-5-7-4-9(11)13-10(12-7)8-6-15-2-3-16-8/h4,8H,2-3,5-6H2,1H3,(H2,11,12,13). The number of nitrogen functional groups attached to an aromatic ring is 1. The van der Waals surface area contributed by atoms with Crippen LogP contribution in [0, 0.1) is 0 Å². The Morgan fingerprint density at radius 2 is 2.38 bits per heavy atom. The Labute approximate surface area is 104 Å². The summed E-state index contributed by atoms with van der Waals surface area (Å²) < 4.78 is 5.07. The van der Waals surface area contributed by atoms with Crippen molar-refractivity contribution < 1.29 is 4.74 Å². The predicted molar refractivity (Wildman–Crippen MR) is 69.7 cm³/mol. The first-order chi connectivity index (χ1) is 7.79. The van der Waals surface area contributed by atoms with Crippen LogP contribution >= 0.6 is 23.5 Å². The van der Waals surface area contributed by atoms with Crippen LogP contribution in [-0.4, -0.2) is 34.3 Å². The molecule has 1 aliphatic heterocycles. The maximum atomic E-state index is 5.77. The van der Waals surface area contributed by atoms with Crippen molar-refractivity contribution in [2.75, 3.05) is 30.1 Å². The van der Waals surface area contributed by atoms with Gasteiger partial charge in [-0.25, -0.2) is 9.97 Å². The van der Waals surface area contributed by atoms with Crippen molar-refractivity contribution in [3.8, 4) is 0 Å². The Hall–Kier alpha value is -0.460. The number of methoxy groups -OCH3 is 1. The topological polar surface area (TPSA) is 61.0 Å². The lowest BCUT2D eigenvalue weighted by molar-refractivity contribution is 0.181. The second-order valence-corrected chi connectivity index (χ2v) is 5.97. The molecular formula is C10H15N3OS2. The normalized spacial score (nSPS) is 20.9. The van der Waals surface area contributed by atoms with Crippen molar-refractivity contribution in [3.05, 3.63) is 17.6 Å². The van der Waals surface area contributed by atoms with Crippen LogP contribution in [0.25, 0.3) is 0 Å². The number of nitrogens with zero attached hydrogens (tertiary/aromatic N) is 2. The summed E-state index contributed by atoms with van der Waals surface area (Å²) in [6.45, 7) is 0.490. The average Bonchev–Trinajstić information content (AvgIpc) is 2.30. The Balaban J connectivity index is 2.18. The van der Waals surface area contributed by atoms with Gasteiger partial charge in [0.05, 0.1) is 17.6 Å². The molecule has 2 rings (SSSR count). The number of ether oxygens (including phenoxy) is 1. The molecule has 0 saturated carbocycles. The molecule has 0 bridgehead atoms. The second-order valence-electron chi connectivity index (χ2n) is 3.51. The predicted octanol–water partition coefficient (Wildman–Crippen LogP) is 1.73. The van der Waals surface area contributed by atoms with Gasteiger partial charge in [-0.2, -0.15) is 11.8 Å². The molecule has 4 nitrogen and oxygen atoms in total. The van der Waals surface area contributed by atoms with Gasteiger partial charge in [0.15, 0.2) is 0 Å². The van der Waals surface area contributed by atoms with Crippen LogP contribution in [0.1, 0.15) is 16.8 Å². The van der Waals surface area contributed by atoms with Crippen LogP contribution in [0.3, 0.4) is 0 Å². The molecule has 2 N–H and O–H groups in total. The van der Waals surface area contributed by atoms with E-state index in [1.807, 2.05) is 23.5 Å². The van der Waals surface area contributed by atoms with Crippen LogP contribution < -0.4 is 5.73 Å². The zero-order chi connectivity index (χ0) is 11.4. The third-order valence-electron chi connectivity index (χ3n) is 2.21. The van der Waals surface area contributed by atoms with E-state index in [-0.39, 0.29) is 0 Å². The fourth-order valence-electron chi connectivity index (χ4n) is 1.54. The van der Waals surface area contributed by atoms with Crippen LogP contribution in [0.4, 0.5) is 5.82 Å². The molecule has 1 aliphatic rings. The summed E-state index contributed by atoms with van der Waals surface area (Å²) in [6, 6.07) is 1.77. The van der Waals surface area contributed by atoms with Gasteiger partial charge >= 0.3 is 0 Å². The highest BCUT2D eigenvalue weighted by Gasteiger charge is 2.20. The molecule has 16 heavy (non-hydrogen) atoms. The van der Waals surface area contributed by atoms with E-state index in [2.05, 4.69) is 9.97 Å². The molecule has 6 heteroatoms. The van der Waals surface area contributed by atoms with E-state index in [0.717, 1.165) is 23.0 Å². The maximum Gasteiger partial charge on any atom is 0.144 e. The molecule has 88 valence electrons. The monoisotopic (exact) mass is 257 g/mol. The van der Waals surface area contributed by atoms with Crippen molar-refractivity contribution >= 4 is 29.3 Å². The van der Waals surface area contributed by atoms with Crippen LogP contribution in [-0.2, 0) is 11.3 Å². The highest BCUT2D eigenvalue weighted by Crippen LogP contribution is 2.35. The minimum Gasteiger partial charge on any atom is -0.384 e. The van der Waals surface area contributed by atoms with Gasteiger partial charge in [-0.3, -0.25) is 0 Å². The van der Waals surface area contributed by atoms with E-state index < -0.39 is 0 Å². The molecule has 1 atom stereocenters.